The number of alkyl halides is 1. The molecule has 0 saturated heterocycles. The Morgan fingerprint density at radius 2 is 2.14 bits per heavy atom. The van der Waals surface area contributed by atoms with Gasteiger partial charge in [0, 0.05) is 16.5 Å². The highest BCUT2D eigenvalue weighted by Crippen LogP contribution is 2.10. The van der Waals surface area contributed by atoms with Crippen molar-refractivity contribution in [3.8, 4) is 0 Å². The van der Waals surface area contributed by atoms with Crippen LogP contribution >= 0.6 is 22.6 Å². The Kier molecular flexibility index (Phi) is 4.38. The number of carbonyl (C=O) groups excluding carboxylic acids is 1. The van der Waals surface area contributed by atoms with Crippen LogP contribution in [0.15, 0.2) is 18.2 Å². The van der Waals surface area contributed by atoms with Crippen molar-refractivity contribution in [2.24, 2.45) is 0 Å². The zero-order valence-corrected chi connectivity index (χ0v) is 10.6. The molecule has 0 aliphatic carbocycles. The molecule has 1 aromatic carbocycles. The zero-order valence-electron chi connectivity index (χ0n) is 8.43. The summed E-state index contributed by atoms with van der Waals surface area (Å²) < 4.78 is 0.939. The summed E-state index contributed by atoms with van der Waals surface area (Å²) in [6.45, 7) is 4.68. The standard InChI is InChI=1S/C11H14INO/c1-8-3-4-9(2)10(7-8)11(14)13-6-5-12/h3-4,7H,5-6H2,1-2H3,(H,13,14). The Balaban J connectivity index is 2.83. The van der Waals surface area contributed by atoms with Crippen molar-refractivity contribution in [2.75, 3.05) is 11.0 Å². The highest BCUT2D eigenvalue weighted by molar-refractivity contribution is 14.1. The van der Waals surface area contributed by atoms with E-state index in [1.54, 1.807) is 0 Å². The predicted octanol–water partition coefficient (Wildman–Crippen LogP) is 2.47. The first-order chi connectivity index (χ1) is 6.65. The largest absolute Gasteiger partial charge is 0.351 e. The monoisotopic (exact) mass is 303 g/mol. The van der Waals surface area contributed by atoms with Gasteiger partial charge in [-0.3, -0.25) is 4.79 Å². The minimum Gasteiger partial charge on any atom is -0.351 e. The van der Waals surface area contributed by atoms with Gasteiger partial charge in [0.1, 0.15) is 0 Å². The third-order valence-electron chi connectivity index (χ3n) is 2.02. The quantitative estimate of drug-likeness (QED) is 0.674. The van der Waals surface area contributed by atoms with Gasteiger partial charge in [0.2, 0.25) is 0 Å². The molecule has 0 saturated carbocycles. The molecule has 0 aromatic heterocycles. The van der Waals surface area contributed by atoms with Crippen molar-refractivity contribution in [3.63, 3.8) is 0 Å². The lowest BCUT2D eigenvalue weighted by molar-refractivity contribution is 0.0955. The molecule has 14 heavy (non-hydrogen) atoms. The normalized spacial score (nSPS) is 9.93. The Hall–Kier alpha value is -0.580. The van der Waals surface area contributed by atoms with Gasteiger partial charge >= 0.3 is 0 Å². The molecule has 1 rings (SSSR count). The third-order valence-corrected chi connectivity index (χ3v) is 2.56. The molecule has 0 heterocycles. The summed E-state index contributed by atoms with van der Waals surface area (Å²) in [5.41, 5.74) is 2.94. The Bertz CT molecular complexity index is 336. The second-order valence-corrected chi connectivity index (χ2v) is 4.34. The fourth-order valence-corrected chi connectivity index (χ4v) is 1.51. The summed E-state index contributed by atoms with van der Waals surface area (Å²) in [5, 5.41) is 2.87. The Morgan fingerprint density at radius 1 is 1.43 bits per heavy atom. The number of rotatable bonds is 3. The lowest BCUT2D eigenvalue weighted by atomic mass is 10.1. The summed E-state index contributed by atoms with van der Waals surface area (Å²) in [4.78, 5) is 11.7. The number of amides is 1. The first kappa shape index (κ1) is 11.5. The van der Waals surface area contributed by atoms with E-state index >= 15 is 0 Å². The maximum absolute atomic E-state index is 11.7. The second kappa shape index (κ2) is 5.34. The van der Waals surface area contributed by atoms with Crippen molar-refractivity contribution in [2.45, 2.75) is 13.8 Å². The van der Waals surface area contributed by atoms with E-state index in [0.29, 0.717) is 0 Å². The summed E-state index contributed by atoms with van der Waals surface area (Å²) >= 11 is 2.24. The molecule has 0 atom stereocenters. The lowest BCUT2D eigenvalue weighted by Crippen LogP contribution is -2.25. The average molecular weight is 303 g/mol. The van der Waals surface area contributed by atoms with E-state index in [9.17, 15) is 4.79 Å². The van der Waals surface area contributed by atoms with E-state index < -0.39 is 0 Å². The topological polar surface area (TPSA) is 29.1 Å². The molecular formula is C11H14INO. The maximum Gasteiger partial charge on any atom is 0.251 e. The molecule has 0 fully saturated rings. The first-order valence-corrected chi connectivity index (χ1v) is 6.09. The lowest BCUT2D eigenvalue weighted by Gasteiger charge is -2.07. The smallest absolute Gasteiger partial charge is 0.251 e. The van der Waals surface area contributed by atoms with E-state index in [2.05, 4.69) is 27.9 Å². The van der Waals surface area contributed by atoms with Gasteiger partial charge in [0.25, 0.3) is 5.91 Å². The van der Waals surface area contributed by atoms with E-state index in [1.807, 2.05) is 32.0 Å². The third kappa shape index (κ3) is 2.97. The zero-order chi connectivity index (χ0) is 10.6. The van der Waals surface area contributed by atoms with Crippen molar-refractivity contribution in [1.82, 2.24) is 5.32 Å². The van der Waals surface area contributed by atoms with Crippen LogP contribution in [0.1, 0.15) is 21.5 Å². The summed E-state index contributed by atoms with van der Waals surface area (Å²) in [6.07, 6.45) is 0. The fraction of sp³-hybridized carbons (Fsp3) is 0.364. The Labute approximate surface area is 98.2 Å². The van der Waals surface area contributed by atoms with Gasteiger partial charge in [-0.25, -0.2) is 0 Å². The predicted molar refractivity (Wildman–Crippen MR) is 67.1 cm³/mol. The molecule has 0 radical (unpaired) electrons. The van der Waals surface area contributed by atoms with Gasteiger partial charge in [0.05, 0.1) is 0 Å². The summed E-state index contributed by atoms with van der Waals surface area (Å²) in [5.74, 6) is 0.0304. The van der Waals surface area contributed by atoms with Gasteiger partial charge in [-0.05, 0) is 25.5 Å². The summed E-state index contributed by atoms with van der Waals surface area (Å²) in [7, 11) is 0. The minimum absolute atomic E-state index is 0.0304. The van der Waals surface area contributed by atoms with Gasteiger partial charge in [0.15, 0.2) is 0 Å². The molecule has 1 amide bonds. The van der Waals surface area contributed by atoms with Crippen LogP contribution in [0.3, 0.4) is 0 Å². The number of halogens is 1. The molecule has 1 aromatic rings. The van der Waals surface area contributed by atoms with Crippen LogP contribution in [-0.4, -0.2) is 16.9 Å². The van der Waals surface area contributed by atoms with Crippen LogP contribution in [0.4, 0.5) is 0 Å². The first-order valence-electron chi connectivity index (χ1n) is 4.56. The molecule has 2 nitrogen and oxygen atoms in total. The van der Waals surface area contributed by atoms with Gasteiger partial charge < -0.3 is 5.32 Å². The second-order valence-electron chi connectivity index (χ2n) is 3.26. The van der Waals surface area contributed by atoms with Crippen molar-refractivity contribution < 1.29 is 4.79 Å². The number of carbonyl (C=O) groups is 1. The molecule has 0 unspecified atom stereocenters. The molecule has 0 aliphatic rings. The van der Waals surface area contributed by atoms with Gasteiger partial charge in [-0.1, -0.05) is 40.3 Å². The molecule has 1 N–H and O–H groups in total. The van der Waals surface area contributed by atoms with Crippen LogP contribution in [-0.2, 0) is 0 Å². The average Bonchev–Trinajstić information content (AvgIpc) is 2.18. The van der Waals surface area contributed by atoms with Crippen molar-refractivity contribution in [3.05, 3.63) is 34.9 Å². The van der Waals surface area contributed by atoms with Gasteiger partial charge in [-0.15, -0.1) is 0 Å². The fourth-order valence-electron chi connectivity index (χ4n) is 1.24. The number of nitrogens with one attached hydrogen (secondary N) is 1. The van der Waals surface area contributed by atoms with Crippen LogP contribution in [0.2, 0.25) is 0 Å². The van der Waals surface area contributed by atoms with Crippen LogP contribution < -0.4 is 5.32 Å². The number of benzene rings is 1. The van der Waals surface area contributed by atoms with E-state index in [-0.39, 0.29) is 5.91 Å². The maximum atomic E-state index is 11.7. The van der Waals surface area contributed by atoms with Gasteiger partial charge in [-0.2, -0.15) is 0 Å². The highest BCUT2D eigenvalue weighted by atomic mass is 127. The number of hydrogen-bond donors (Lipinski definition) is 1. The van der Waals surface area contributed by atoms with Crippen LogP contribution in [0.5, 0.6) is 0 Å². The van der Waals surface area contributed by atoms with E-state index in [0.717, 1.165) is 27.7 Å². The number of hydrogen-bond acceptors (Lipinski definition) is 1. The van der Waals surface area contributed by atoms with Crippen molar-refractivity contribution >= 4 is 28.5 Å². The SMILES string of the molecule is Cc1ccc(C)c(C(=O)NCCI)c1. The molecular weight excluding hydrogens is 289 g/mol. The van der Waals surface area contributed by atoms with E-state index in [1.165, 1.54) is 0 Å². The highest BCUT2D eigenvalue weighted by Gasteiger charge is 2.07. The molecule has 76 valence electrons. The molecule has 0 aliphatic heterocycles. The molecule has 3 heteroatoms. The Morgan fingerprint density at radius 3 is 2.79 bits per heavy atom. The number of aryl methyl sites for hydroxylation is 2. The summed E-state index contributed by atoms with van der Waals surface area (Å²) in [6, 6.07) is 5.93. The van der Waals surface area contributed by atoms with Crippen LogP contribution in [0.25, 0.3) is 0 Å². The molecule has 0 bridgehead atoms. The van der Waals surface area contributed by atoms with E-state index in [4.69, 9.17) is 0 Å². The molecule has 0 spiro atoms. The van der Waals surface area contributed by atoms with Crippen molar-refractivity contribution in [1.29, 1.82) is 0 Å². The van der Waals surface area contributed by atoms with Crippen LogP contribution in [0, 0.1) is 13.8 Å². The minimum atomic E-state index is 0.0304.